The topological polar surface area (TPSA) is 116 Å². The third-order valence-corrected chi connectivity index (χ3v) is 4.84. The number of aryl methyl sites for hydroxylation is 1. The Morgan fingerprint density at radius 2 is 2.07 bits per heavy atom. The number of hydrazine groups is 1. The maximum Gasteiger partial charge on any atom is 0.269 e. The van der Waals surface area contributed by atoms with E-state index in [1.807, 2.05) is 24.4 Å². The molecule has 0 spiro atoms. The number of hydrogen-bond acceptors (Lipinski definition) is 8. The lowest BCUT2D eigenvalue weighted by Crippen LogP contribution is -2.41. The second-order valence-corrected chi connectivity index (χ2v) is 7.15. The summed E-state index contributed by atoms with van der Waals surface area (Å²) < 4.78 is 16.0. The van der Waals surface area contributed by atoms with Crippen molar-refractivity contribution in [1.29, 1.82) is 0 Å². The number of aromatic nitrogens is 2. The SMILES string of the molecule is CCCOc1ccc(C(=O)NNC(=O)CCc2nc(-c3cccs3)no2)cc1OC. The van der Waals surface area contributed by atoms with Gasteiger partial charge in [-0.05, 0) is 36.1 Å². The van der Waals surface area contributed by atoms with Gasteiger partial charge in [-0.2, -0.15) is 4.98 Å². The van der Waals surface area contributed by atoms with Gasteiger partial charge in [-0.15, -0.1) is 11.3 Å². The third-order valence-electron chi connectivity index (χ3n) is 3.98. The van der Waals surface area contributed by atoms with Crippen LogP contribution in [0.3, 0.4) is 0 Å². The average Bonchev–Trinajstić information content (AvgIpc) is 3.46. The van der Waals surface area contributed by atoms with Gasteiger partial charge in [-0.1, -0.05) is 18.1 Å². The Bertz CT molecular complexity index is 987. The van der Waals surface area contributed by atoms with E-state index >= 15 is 0 Å². The van der Waals surface area contributed by atoms with Crippen LogP contribution in [0.15, 0.2) is 40.2 Å². The minimum atomic E-state index is -0.471. The van der Waals surface area contributed by atoms with E-state index in [-0.39, 0.29) is 18.7 Å². The predicted molar refractivity (Wildman–Crippen MR) is 110 cm³/mol. The average molecular weight is 430 g/mol. The van der Waals surface area contributed by atoms with Crippen molar-refractivity contribution < 1.29 is 23.6 Å². The van der Waals surface area contributed by atoms with Crippen molar-refractivity contribution >= 4 is 23.2 Å². The zero-order valence-electron chi connectivity index (χ0n) is 16.6. The lowest BCUT2D eigenvalue weighted by molar-refractivity contribution is -0.121. The first-order valence-electron chi connectivity index (χ1n) is 9.37. The van der Waals surface area contributed by atoms with Crippen LogP contribution in [0.1, 0.15) is 36.0 Å². The minimum Gasteiger partial charge on any atom is -0.493 e. The summed E-state index contributed by atoms with van der Waals surface area (Å²) in [5.74, 6) is 0.999. The van der Waals surface area contributed by atoms with Crippen molar-refractivity contribution in [3.63, 3.8) is 0 Å². The Hall–Kier alpha value is -3.40. The van der Waals surface area contributed by atoms with E-state index < -0.39 is 5.91 Å². The Morgan fingerprint density at radius 3 is 2.80 bits per heavy atom. The lowest BCUT2D eigenvalue weighted by atomic mass is 10.2. The molecule has 1 aromatic carbocycles. The van der Waals surface area contributed by atoms with Crippen molar-refractivity contribution in [3.05, 3.63) is 47.2 Å². The number of carbonyl (C=O) groups excluding carboxylic acids is 2. The molecule has 2 aromatic heterocycles. The van der Waals surface area contributed by atoms with Crippen LogP contribution >= 0.6 is 11.3 Å². The number of hydrogen-bond donors (Lipinski definition) is 2. The zero-order chi connectivity index (χ0) is 21.3. The van der Waals surface area contributed by atoms with E-state index in [1.165, 1.54) is 18.4 Å². The van der Waals surface area contributed by atoms with E-state index in [1.54, 1.807) is 18.2 Å². The number of amides is 2. The molecule has 2 N–H and O–H groups in total. The highest BCUT2D eigenvalue weighted by molar-refractivity contribution is 7.13. The zero-order valence-corrected chi connectivity index (χ0v) is 17.5. The maximum atomic E-state index is 12.3. The molecule has 0 bridgehead atoms. The van der Waals surface area contributed by atoms with Gasteiger partial charge in [-0.3, -0.25) is 20.4 Å². The number of benzene rings is 1. The molecule has 158 valence electrons. The number of methoxy groups -OCH3 is 1. The highest BCUT2D eigenvalue weighted by Crippen LogP contribution is 2.28. The first kappa shape index (κ1) is 21.3. The molecule has 0 aliphatic rings. The molecule has 0 radical (unpaired) electrons. The van der Waals surface area contributed by atoms with Crippen LogP contribution in [0.25, 0.3) is 10.7 Å². The molecule has 0 fully saturated rings. The summed E-state index contributed by atoms with van der Waals surface area (Å²) >= 11 is 1.50. The van der Waals surface area contributed by atoms with Gasteiger partial charge in [-0.25, -0.2) is 0 Å². The van der Waals surface area contributed by atoms with Crippen molar-refractivity contribution in [3.8, 4) is 22.2 Å². The van der Waals surface area contributed by atoms with Crippen molar-refractivity contribution in [2.45, 2.75) is 26.2 Å². The van der Waals surface area contributed by atoms with Gasteiger partial charge < -0.3 is 14.0 Å². The minimum absolute atomic E-state index is 0.0828. The molecule has 3 rings (SSSR count). The molecule has 0 saturated heterocycles. The van der Waals surface area contributed by atoms with Gasteiger partial charge in [0, 0.05) is 18.4 Å². The Labute approximate surface area is 177 Å². The highest BCUT2D eigenvalue weighted by atomic mass is 32.1. The van der Waals surface area contributed by atoms with Crippen LogP contribution in [0.4, 0.5) is 0 Å². The van der Waals surface area contributed by atoms with Gasteiger partial charge in [0.2, 0.25) is 17.6 Å². The van der Waals surface area contributed by atoms with E-state index in [0.29, 0.717) is 35.4 Å². The van der Waals surface area contributed by atoms with Crippen LogP contribution in [0.2, 0.25) is 0 Å². The molecule has 2 amide bonds. The van der Waals surface area contributed by atoms with Crippen molar-refractivity contribution in [2.75, 3.05) is 13.7 Å². The molecule has 0 atom stereocenters. The van der Waals surface area contributed by atoms with Crippen LogP contribution in [-0.4, -0.2) is 35.7 Å². The third kappa shape index (κ3) is 5.57. The molecular formula is C20H22N4O5S. The quantitative estimate of drug-likeness (QED) is 0.501. The molecule has 9 nitrogen and oxygen atoms in total. The first-order valence-corrected chi connectivity index (χ1v) is 10.2. The van der Waals surface area contributed by atoms with Gasteiger partial charge >= 0.3 is 0 Å². The summed E-state index contributed by atoms with van der Waals surface area (Å²) in [5.41, 5.74) is 5.08. The highest BCUT2D eigenvalue weighted by Gasteiger charge is 2.14. The lowest BCUT2D eigenvalue weighted by Gasteiger charge is -2.12. The van der Waals surface area contributed by atoms with E-state index in [0.717, 1.165) is 11.3 Å². The van der Waals surface area contributed by atoms with Crippen LogP contribution in [0.5, 0.6) is 11.5 Å². The first-order chi connectivity index (χ1) is 14.6. The number of nitrogens with zero attached hydrogens (tertiary/aromatic N) is 2. The summed E-state index contributed by atoms with van der Waals surface area (Å²) in [4.78, 5) is 29.5. The standard InChI is InChI=1S/C20H22N4O5S/c1-3-10-28-14-7-6-13(12-15(14)27-2)20(26)23-22-17(25)8-9-18-21-19(24-29-18)16-5-4-11-30-16/h4-7,11-12H,3,8-10H2,1-2H3,(H,22,25)(H,23,26). The number of rotatable bonds is 9. The molecular weight excluding hydrogens is 408 g/mol. The van der Waals surface area contributed by atoms with Crippen LogP contribution in [0, 0.1) is 0 Å². The Kier molecular flexibility index (Phi) is 7.39. The van der Waals surface area contributed by atoms with Crippen LogP contribution in [-0.2, 0) is 11.2 Å². The summed E-state index contributed by atoms with van der Waals surface area (Å²) in [5, 5.41) is 5.81. The predicted octanol–water partition coefficient (Wildman–Crippen LogP) is 2.99. The van der Waals surface area contributed by atoms with Crippen molar-refractivity contribution in [2.24, 2.45) is 0 Å². The summed E-state index contributed by atoms with van der Waals surface area (Å²) in [6.45, 7) is 2.55. The second-order valence-electron chi connectivity index (χ2n) is 6.21. The summed E-state index contributed by atoms with van der Waals surface area (Å²) in [7, 11) is 1.50. The Morgan fingerprint density at radius 1 is 1.20 bits per heavy atom. The fraction of sp³-hybridized carbons (Fsp3) is 0.300. The fourth-order valence-corrected chi connectivity index (χ4v) is 3.13. The van der Waals surface area contributed by atoms with Crippen molar-refractivity contribution in [1.82, 2.24) is 21.0 Å². The molecule has 2 heterocycles. The monoisotopic (exact) mass is 430 g/mol. The number of thiophene rings is 1. The second kappa shape index (κ2) is 10.4. The summed E-state index contributed by atoms with van der Waals surface area (Å²) in [6, 6.07) is 8.59. The van der Waals surface area contributed by atoms with E-state index in [2.05, 4.69) is 21.0 Å². The Balaban J connectivity index is 1.48. The molecule has 0 aliphatic heterocycles. The molecule has 0 saturated carbocycles. The number of ether oxygens (including phenoxy) is 2. The number of carbonyl (C=O) groups is 2. The van der Waals surface area contributed by atoms with E-state index in [9.17, 15) is 9.59 Å². The molecule has 10 heteroatoms. The van der Waals surface area contributed by atoms with E-state index in [4.69, 9.17) is 14.0 Å². The molecule has 0 aliphatic carbocycles. The van der Waals surface area contributed by atoms with Gasteiger partial charge in [0.05, 0.1) is 18.6 Å². The summed E-state index contributed by atoms with van der Waals surface area (Å²) in [6.07, 6.45) is 1.20. The molecule has 3 aromatic rings. The molecule has 30 heavy (non-hydrogen) atoms. The molecule has 0 unspecified atom stereocenters. The van der Waals surface area contributed by atoms with Gasteiger partial charge in [0.25, 0.3) is 5.91 Å². The maximum absolute atomic E-state index is 12.3. The smallest absolute Gasteiger partial charge is 0.269 e. The fourth-order valence-electron chi connectivity index (χ4n) is 2.48. The van der Waals surface area contributed by atoms with Gasteiger partial charge in [0.1, 0.15) is 0 Å². The normalized spacial score (nSPS) is 10.5. The van der Waals surface area contributed by atoms with Crippen LogP contribution < -0.4 is 20.3 Å². The van der Waals surface area contributed by atoms with Gasteiger partial charge in [0.15, 0.2) is 11.5 Å². The largest absolute Gasteiger partial charge is 0.493 e. The number of nitrogens with one attached hydrogen (secondary N) is 2.